The standard InChI is InChI=1S/C39H62O31S/c1-53-31-27-18(45)13(7-56-27)62-37(31)69-28-21(48)36(61-12(6-42)24(28)70-71(50,51)52)66-23-15-9-58-30(23)33(55-3)39(64-15)68-26-17(44)11(5-41)60-35(20(26)47)65-22-14-8-57-29(22)32(54-2)38(63-14)67-25-16(43)10(4-40)59-34(49)19(25)46/h10-49H,4-9H2,1-3H3,(H,50,51,52). The predicted molar refractivity (Wildman–Crippen MR) is 214 cm³/mol. The van der Waals surface area contributed by atoms with E-state index in [1.54, 1.807) is 0 Å². The average molecular weight is 1060 g/mol. The molecular formula is C39H62O31S. The van der Waals surface area contributed by atoms with Crippen LogP contribution in [0.2, 0.25) is 0 Å². The molecule has 31 nitrogen and oxygen atoms in total. The van der Waals surface area contributed by atoms with E-state index in [0.717, 1.165) is 0 Å². The van der Waals surface area contributed by atoms with Gasteiger partial charge in [0, 0.05) is 21.3 Å². The molecule has 9 heterocycles. The number of aliphatic hydroxyl groups is 10. The lowest BCUT2D eigenvalue weighted by molar-refractivity contribution is -0.381. The summed E-state index contributed by atoms with van der Waals surface area (Å²) in [5.74, 6) is 0. The lowest BCUT2D eigenvalue weighted by atomic mass is 9.96. The molecule has 9 rings (SSSR count). The Labute approximate surface area is 403 Å². The topological polar surface area (TPSA) is 423 Å². The molecule has 0 radical (unpaired) electrons. The van der Waals surface area contributed by atoms with Crippen LogP contribution < -0.4 is 0 Å². The lowest BCUT2D eigenvalue weighted by Gasteiger charge is -2.48. The molecule has 0 aliphatic carbocycles. The van der Waals surface area contributed by atoms with Crippen molar-refractivity contribution in [3.63, 3.8) is 0 Å². The van der Waals surface area contributed by atoms with Gasteiger partial charge in [0.05, 0.1) is 39.6 Å². The third-order valence-electron chi connectivity index (χ3n) is 14.1. The molecule has 9 aliphatic heterocycles. The normalized spacial score (nSPS) is 53.0. The van der Waals surface area contributed by atoms with Crippen molar-refractivity contribution in [3.8, 4) is 0 Å². The molecule has 0 aromatic rings. The minimum atomic E-state index is -5.27. The van der Waals surface area contributed by atoms with Gasteiger partial charge in [-0.25, -0.2) is 4.18 Å². The van der Waals surface area contributed by atoms with E-state index in [-0.39, 0.29) is 19.8 Å². The van der Waals surface area contributed by atoms with Crippen molar-refractivity contribution in [1.29, 1.82) is 0 Å². The summed E-state index contributed by atoms with van der Waals surface area (Å²) in [6, 6.07) is 0. The second-order valence-electron chi connectivity index (χ2n) is 18.3. The summed E-state index contributed by atoms with van der Waals surface area (Å²) in [6.07, 6.45) is -42.4. The molecule has 0 spiro atoms. The SMILES string of the molecule is COC1C(OC2C(O)C(OC3C4COC3C(OC)C(OC3C(O)C(CO)OC(OC5C6COC5C(OC)C(OC5C(O)C(O)OC(CO)C5O)O6)C3O)O4)OC(CO)C2OS(=O)(=O)O)OC2COC1C2O. The Hall–Kier alpha value is -1.21. The third kappa shape index (κ3) is 10.5. The molecule has 30 atom stereocenters. The Morgan fingerprint density at radius 2 is 0.803 bits per heavy atom. The molecule has 0 saturated carbocycles. The molecule has 71 heavy (non-hydrogen) atoms. The fraction of sp³-hybridized carbons (Fsp3) is 1.00. The molecule has 9 fully saturated rings. The number of aliphatic hydroxyl groups excluding tert-OH is 10. The van der Waals surface area contributed by atoms with Crippen LogP contribution in [0.1, 0.15) is 0 Å². The van der Waals surface area contributed by atoms with Crippen LogP contribution in [0.5, 0.6) is 0 Å². The Balaban J connectivity index is 0.873. The van der Waals surface area contributed by atoms with Gasteiger partial charge in [-0.15, -0.1) is 0 Å². The first kappa shape index (κ1) is 54.6. The molecule has 0 amide bonds. The van der Waals surface area contributed by atoms with Crippen LogP contribution in [0.3, 0.4) is 0 Å². The maximum absolute atomic E-state index is 12.0. The van der Waals surface area contributed by atoms with Crippen LogP contribution in [0.4, 0.5) is 0 Å². The van der Waals surface area contributed by atoms with E-state index in [2.05, 4.69) is 0 Å². The quantitative estimate of drug-likeness (QED) is 0.0568. The van der Waals surface area contributed by atoms with E-state index in [9.17, 15) is 64.0 Å². The molecule has 9 saturated heterocycles. The van der Waals surface area contributed by atoms with Crippen molar-refractivity contribution in [2.24, 2.45) is 0 Å². The molecule has 11 N–H and O–H groups in total. The van der Waals surface area contributed by atoms with E-state index < -0.39 is 214 Å². The van der Waals surface area contributed by atoms with E-state index >= 15 is 0 Å². The highest BCUT2D eigenvalue weighted by molar-refractivity contribution is 7.80. The zero-order chi connectivity index (χ0) is 50.8. The van der Waals surface area contributed by atoms with Gasteiger partial charge in [0.2, 0.25) is 0 Å². The largest absolute Gasteiger partial charge is 0.397 e. The predicted octanol–water partition coefficient (Wildman–Crippen LogP) is -9.17. The van der Waals surface area contributed by atoms with Gasteiger partial charge in [0.1, 0.15) is 146 Å². The minimum absolute atomic E-state index is 0.0461. The molecule has 9 aliphatic rings. The van der Waals surface area contributed by atoms with Gasteiger partial charge in [-0.05, 0) is 0 Å². The summed E-state index contributed by atoms with van der Waals surface area (Å²) in [6.45, 7) is -2.78. The first-order valence-corrected chi connectivity index (χ1v) is 24.2. The van der Waals surface area contributed by atoms with Gasteiger partial charge < -0.3 is 132 Å². The van der Waals surface area contributed by atoms with Gasteiger partial charge in [-0.2, -0.15) is 8.42 Å². The second kappa shape index (κ2) is 22.4. The van der Waals surface area contributed by atoms with Crippen LogP contribution in [-0.2, 0) is 95.1 Å². The zero-order valence-corrected chi connectivity index (χ0v) is 38.9. The molecule has 0 aromatic heterocycles. The van der Waals surface area contributed by atoms with E-state index in [1.165, 1.54) is 21.3 Å². The van der Waals surface area contributed by atoms with E-state index in [4.69, 9.17) is 84.7 Å². The van der Waals surface area contributed by atoms with Crippen LogP contribution in [0, 0.1) is 0 Å². The van der Waals surface area contributed by atoms with Gasteiger partial charge in [-0.3, -0.25) is 4.55 Å². The van der Waals surface area contributed by atoms with Crippen molar-refractivity contribution in [1.82, 2.24) is 0 Å². The molecule has 410 valence electrons. The summed E-state index contributed by atoms with van der Waals surface area (Å²) < 4.78 is 138. The molecule has 30 unspecified atom stereocenters. The minimum Gasteiger partial charge on any atom is -0.394 e. The van der Waals surface area contributed by atoms with Gasteiger partial charge in [-0.1, -0.05) is 0 Å². The van der Waals surface area contributed by atoms with Crippen LogP contribution in [0.15, 0.2) is 0 Å². The number of rotatable bonds is 18. The number of fused-ring (bicyclic) bond motifs is 6. The maximum atomic E-state index is 12.0. The average Bonchev–Trinajstić information content (AvgIpc) is 3.88. The lowest BCUT2D eigenvalue weighted by Crippen LogP contribution is -2.67. The van der Waals surface area contributed by atoms with E-state index in [0.29, 0.717) is 0 Å². The van der Waals surface area contributed by atoms with Crippen molar-refractivity contribution in [3.05, 3.63) is 0 Å². The first-order valence-electron chi connectivity index (χ1n) is 22.8. The van der Waals surface area contributed by atoms with Crippen LogP contribution in [0.25, 0.3) is 0 Å². The van der Waals surface area contributed by atoms with Crippen molar-refractivity contribution in [2.75, 3.05) is 61.0 Å². The monoisotopic (exact) mass is 1060 g/mol. The van der Waals surface area contributed by atoms with Gasteiger partial charge >= 0.3 is 10.4 Å². The third-order valence-corrected chi connectivity index (χ3v) is 14.6. The van der Waals surface area contributed by atoms with E-state index in [1.807, 2.05) is 0 Å². The summed E-state index contributed by atoms with van der Waals surface area (Å²) in [5.41, 5.74) is 0. The summed E-state index contributed by atoms with van der Waals surface area (Å²) in [4.78, 5) is 0. The number of hydrogen-bond acceptors (Lipinski definition) is 30. The number of hydrogen-bond donors (Lipinski definition) is 11. The summed E-state index contributed by atoms with van der Waals surface area (Å²) in [7, 11) is -1.45. The fourth-order valence-corrected chi connectivity index (χ4v) is 11.1. The number of ether oxygens (including phenoxy) is 17. The molecule has 32 heteroatoms. The maximum Gasteiger partial charge on any atom is 0.397 e. The zero-order valence-electron chi connectivity index (χ0n) is 38.1. The highest BCUT2D eigenvalue weighted by Gasteiger charge is 2.62. The van der Waals surface area contributed by atoms with Crippen LogP contribution in [-0.4, -0.2) is 309 Å². The van der Waals surface area contributed by atoms with Crippen molar-refractivity contribution in [2.45, 2.75) is 184 Å². The first-order chi connectivity index (χ1) is 33.9. The van der Waals surface area contributed by atoms with Crippen molar-refractivity contribution >= 4 is 10.4 Å². The van der Waals surface area contributed by atoms with Crippen LogP contribution >= 0.6 is 0 Å². The highest BCUT2D eigenvalue weighted by atomic mass is 32.3. The second-order valence-corrected chi connectivity index (χ2v) is 19.3. The summed E-state index contributed by atoms with van der Waals surface area (Å²) in [5, 5.41) is 107. The Morgan fingerprint density at radius 1 is 0.408 bits per heavy atom. The fourth-order valence-electron chi connectivity index (χ4n) is 10.5. The Bertz CT molecular complexity index is 1860. The molecule has 0 aromatic carbocycles. The smallest absolute Gasteiger partial charge is 0.394 e. The van der Waals surface area contributed by atoms with Gasteiger partial charge in [0.25, 0.3) is 0 Å². The highest BCUT2D eigenvalue weighted by Crippen LogP contribution is 2.42. The van der Waals surface area contributed by atoms with Crippen molar-refractivity contribution < 1.29 is 149 Å². The van der Waals surface area contributed by atoms with Gasteiger partial charge in [0.15, 0.2) is 37.7 Å². The summed E-state index contributed by atoms with van der Waals surface area (Å²) >= 11 is 0. The Morgan fingerprint density at radius 3 is 1.30 bits per heavy atom. The Kier molecular flexibility index (Phi) is 17.2. The number of methoxy groups -OCH3 is 3. The molecular weight excluding hydrogens is 996 g/mol. The molecule has 6 bridgehead atoms.